The van der Waals surface area contributed by atoms with Crippen molar-refractivity contribution >= 4 is 5.91 Å². The standard InChI is InChI=1S/C12H22N4O/c1-4-10(2)11(13)12(17)15(3)8-9-16-7-5-6-14-16/h5-7,10-11H,4,8-9,13H2,1-3H3. The van der Waals surface area contributed by atoms with Gasteiger partial charge < -0.3 is 10.6 Å². The fourth-order valence-corrected chi connectivity index (χ4v) is 1.55. The molecule has 0 aliphatic carbocycles. The van der Waals surface area contributed by atoms with Crippen LogP contribution in [0.2, 0.25) is 0 Å². The first kappa shape index (κ1) is 13.7. The van der Waals surface area contributed by atoms with Crippen LogP contribution in [0, 0.1) is 5.92 Å². The van der Waals surface area contributed by atoms with E-state index in [1.807, 2.05) is 26.1 Å². The predicted molar refractivity (Wildman–Crippen MR) is 67.3 cm³/mol. The quantitative estimate of drug-likeness (QED) is 0.794. The van der Waals surface area contributed by atoms with Crippen LogP contribution in [-0.2, 0) is 11.3 Å². The first-order valence-electron chi connectivity index (χ1n) is 6.04. The third-order valence-corrected chi connectivity index (χ3v) is 3.14. The van der Waals surface area contributed by atoms with Crippen LogP contribution in [0.15, 0.2) is 18.5 Å². The van der Waals surface area contributed by atoms with Gasteiger partial charge >= 0.3 is 0 Å². The van der Waals surface area contributed by atoms with Gasteiger partial charge in [-0.2, -0.15) is 5.10 Å². The molecule has 1 rings (SSSR count). The second-order valence-corrected chi connectivity index (χ2v) is 4.44. The number of amides is 1. The van der Waals surface area contributed by atoms with Crippen molar-refractivity contribution in [3.63, 3.8) is 0 Å². The Labute approximate surface area is 103 Å². The SMILES string of the molecule is CCC(C)C(N)C(=O)N(C)CCn1cccn1. The summed E-state index contributed by atoms with van der Waals surface area (Å²) in [6, 6.07) is 1.47. The first-order valence-corrected chi connectivity index (χ1v) is 6.04. The van der Waals surface area contributed by atoms with Gasteiger partial charge in [-0.05, 0) is 12.0 Å². The molecule has 0 aliphatic rings. The molecule has 2 unspecified atom stereocenters. The molecule has 0 saturated carbocycles. The van der Waals surface area contributed by atoms with Crippen molar-refractivity contribution in [2.24, 2.45) is 11.7 Å². The number of nitrogens with zero attached hydrogens (tertiary/aromatic N) is 3. The molecule has 0 bridgehead atoms. The summed E-state index contributed by atoms with van der Waals surface area (Å²) in [7, 11) is 1.79. The highest BCUT2D eigenvalue weighted by molar-refractivity contribution is 5.81. The lowest BCUT2D eigenvalue weighted by molar-refractivity contribution is -0.132. The summed E-state index contributed by atoms with van der Waals surface area (Å²) < 4.78 is 1.80. The van der Waals surface area contributed by atoms with Crippen molar-refractivity contribution in [1.82, 2.24) is 14.7 Å². The summed E-state index contributed by atoms with van der Waals surface area (Å²) in [5, 5.41) is 4.09. The molecule has 0 aliphatic heterocycles. The first-order chi connectivity index (χ1) is 8.06. The molecule has 1 heterocycles. The molecule has 0 radical (unpaired) electrons. The van der Waals surface area contributed by atoms with Gasteiger partial charge in [0.2, 0.25) is 5.91 Å². The van der Waals surface area contributed by atoms with E-state index < -0.39 is 6.04 Å². The molecule has 0 aromatic carbocycles. The van der Waals surface area contributed by atoms with E-state index >= 15 is 0 Å². The highest BCUT2D eigenvalue weighted by Gasteiger charge is 2.22. The van der Waals surface area contributed by atoms with Crippen molar-refractivity contribution in [3.8, 4) is 0 Å². The summed E-state index contributed by atoms with van der Waals surface area (Å²) in [4.78, 5) is 13.7. The fraction of sp³-hybridized carbons (Fsp3) is 0.667. The Hall–Kier alpha value is -1.36. The molecule has 1 aromatic heterocycles. The van der Waals surface area contributed by atoms with Gasteiger partial charge in [-0.15, -0.1) is 0 Å². The van der Waals surface area contributed by atoms with Crippen LogP contribution in [0.3, 0.4) is 0 Å². The number of rotatable bonds is 6. The van der Waals surface area contributed by atoms with Gasteiger partial charge in [0.15, 0.2) is 0 Å². The number of likely N-dealkylation sites (N-methyl/N-ethyl adjacent to an activating group) is 1. The Bertz CT molecular complexity index is 336. The van der Waals surface area contributed by atoms with Crippen molar-refractivity contribution in [2.45, 2.75) is 32.9 Å². The molecule has 0 spiro atoms. The minimum Gasteiger partial charge on any atom is -0.343 e. The zero-order valence-corrected chi connectivity index (χ0v) is 10.8. The monoisotopic (exact) mass is 238 g/mol. The van der Waals surface area contributed by atoms with E-state index in [0.717, 1.165) is 6.42 Å². The fourth-order valence-electron chi connectivity index (χ4n) is 1.55. The molecule has 1 aromatic rings. The van der Waals surface area contributed by atoms with Gasteiger partial charge in [0, 0.05) is 26.0 Å². The van der Waals surface area contributed by atoms with E-state index in [2.05, 4.69) is 5.10 Å². The van der Waals surface area contributed by atoms with Gasteiger partial charge in [0.25, 0.3) is 0 Å². The van der Waals surface area contributed by atoms with E-state index in [0.29, 0.717) is 13.1 Å². The third kappa shape index (κ3) is 3.85. The van der Waals surface area contributed by atoms with Crippen LogP contribution in [0.25, 0.3) is 0 Å². The largest absolute Gasteiger partial charge is 0.343 e. The van der Waals surface area contributed by atoms with Crippen LogP contribution in [0.5, 0.6) is 0 Å². The maximum absolute atomic E-state index is 12.0. The lowest BCUT2D eigenvalue weighted by Crippen LogP contribution is -2.46. The summed E-state index contributed by atoms with van der Waals surface area (Å²) in [5.74, 6) is 0.223. The molecule has 0 fully saturated rings. The van der Waals surface area contributed by atoms with E-state index in [1.165, 1.54) is 0 Å². The Morgan fingerprint density at radius 3 is 2.82 bits per heavy atom. The Kier molecular flexibility index (Phi) is 5.15. The second kappa shape index (κ2) is 6.39. The van der Waals surface area contributed by atoms with E-state index in [1.54, 1.807) is 22.8 Å². The van der Waals surface area contributed by atoms with Gasteiger partial charge in [0.05, 0.1) is 12.6 Å². The van der Waals surface area contributed by atoms with Crippen molar-refractivity contribution < 1.29 is 4.79 Å². The van der Waals surface area contributed by atoms with Crippen molar-refractivity contribution in [3.05, 3.63) is 18.5 Å². The normalized spacial score (nSPS) is 14.4. The second-order valence-electron chi connectivity index (χ2n) is 4.44. The lowest BCUT2D eigenvalue weighted by Gasteiger charge is -2.24. The number of nitrogens with two attached hydrogens (primary N) is 1. The number of hydrogen-bond donors (Lipinski definition) is 1. The van der Waals surface area contributed by atoms with Gasteiger partial charge in [0.1, 0.15) is 0 Å². The van der Waals surface area contributed by atoms with Gasteiger partial charge in [-0.1, -0.05) is 20.3 Å². The highest BCUT2D eigenvalue weighted by atomic mass is 16.2. The average molecular weight is 238 g/mol. The summed E-state index contributed by atoms with van der Waals surface area (Å²) in [5.41, 5.74) is 5.91. The smallest absolute Gasteiger partial charge is 0.239 e. The summed E-state index contributed by atoms with van der Waals surface area (Å²) >= 11 is 0. The Balaban J connectivity index is 2.41. The average Bonchev–Trinajstić information content (AvgIpc) is 2.86. The van der Waals surface area contributed by atoms with E-state index in [-0.39, 0.29) is 11.8 Å². The molecule has 1 amide bonds. The number of aromatic nitrogens is 2. The molecule has 17 heavy (non-hydrogen) atoms. The van der Waals surface area contributed by atoms with Crippen LogP contribution in [-0.4, -0.2) is 40.2 Å². The van der Waals surface area contributed by atoms with Gasteiger partial charge in [-0.3, -0.25) is 9.48 Å². The minimum absolute atomic E-state index is 0.00602. The van der Waals surface area contributed by atoms with Crippen LogP contribution >= 0.6 is 0 Å². The van der Waals surface area contributed by atoms with Crippen molar-refractivity contribution in [1.29, 1.82) is 0 Å². The molecule has 5 nitrogen and oxygen atoms in total. The van der Waals surface area contributed by atoms with Crippen molar-refractivity contribution in [2.75, 3.05) is 13.6 Å². The zero-order chi connectivity index (χ0) is 12.8. The molecule has 0 saturated heterocycles. The molecular formula is C12H22N4O. The predicted octanol–water partition coefficient (Wildman–Crippen LogP) is 0.715. The molecule has 96 valence electrons. The van der Waals surface area contributed by atoms with Crippen LogP contribution < -0.4 is 5.73 Å². The molecule has 5 heteroatoms. The number of carbonyl (C=O) groups is 1. The van der Waals surface area contributed by atoms with Gasteiger partial charge in [-0.25, -0.2) is 0 Å². The summed E-state index contributed by atoms with van der Waals surface area (Å²) in [6.07, 6.45) is 4.53. The summed E-state index contributed by atoms with van der Waals surface area (Å²) in [6.45, 7) is 5.37. The maximum Gasteiger partial charge on any atom is 0.239 e. The maximum atomic E-state index is 12.0. The lowest BCUT2D eigenvalue weighted by atomic mass is 9.99. The number of hydrogen-bond acceptors (Lipinski definition) is 3. The molecule has 2 atom stereocenters. The number of carbonyl (C=O) groups excluding carboxylic acids is 1. The Morgan fingerprint density at radius 2 is 2.29 bits per heavy atom. The molecular weight excluding hydrogens is 216 g/mol. The third-order valence-electron chi connectivity index (χ3n) is 3.14. The van der Waals surface area contributed by atoms with Crippen LogP contribution in [0.1, 0.15) is 20.3 Å². The van der Waals surface area contributed by atoms with Crippen LogP contribution in [0.4, 0.5) is 0 Å². The highest BCUT2D eigenvalue weighted by Crippen LogP contribution is 2.07. The Morgan fingerprint density at radius 1 is 1.59 bits per heavy atom. The molecule has 2 N–H and O–H groups in total. The zero-order valence-electron chi connectivity index (χ0n) is 10.8. The minimum atomic E-state index is -0.400. The van der Waals surface area contributed by atoms with E-state index in [4.69, 9.17) is 5.73 Å². The van der Waals surface area contributed by atoms with E-state index in [9.17, 15) is 4.79 Å². The topological polar surface area (TPSA) is 64.2 Å².